The summed E-state index contributed by atoms with van der Waals surface area (Å²) in [4.78, 5) is 60.3. The molecule has 4 amide bonds. The number of carbonyl (C=O) groups is 4. The van der Waals surface area contributed by atoms with Crippen molar-refractivity contribution in [2.24, 2.45) is 29.1 Å². The first-order valence-electron chi connectivity index (χ1n) is 18.0. The molecule has 0 spiro atoms. The van der Waals surface area contributed by atoms with Gasteiger partial charge in [-0.15, -0.1) is 0 Å². The molecule has 2 aliphatic heterocycles. The van der Waals surface area contributed by atoms with Gasteiger partial charge in [0.1, 0.15) is 23.0 Å². The molecular weight excluding hydrogens is 684 g/mol. The molecule has 4 aromatic carbocycles. The number of anilines is 2. The molecule has 3 fully saturated rings. The lowest BCUT2D eigenvalue weighted by molar-refractivity contribution is -0.131. The summed E-state index contributed by atoms with van der Waals surface area (Å²) in [5.74, 6) is -2.76. The highest BCUT2D eigenvalue weighted by molar-refractivity contribution is 6.25. The first kappa shape index (κ1) is 34.9. The van der Waals surface area contributed by atoms with Crippen molar-refractivity contribution in [2.45, 2.75) is 25.7 Å². The smallest absolute Gasteiger partial charge is 0.241 e. The molecule has 6 atom stereocenters. The molecule has 1 N–H and O–H groups in total. The number of hydrogen-bond donors (Lipinski definition) is 1. The van der Waals surface area contributed by atoms with Crippen LogP contribution in [0.25, 0.3) is 12.2 Å². The summed E-state index contributed by atoms with van der Waals surface area (Å²) in [6.07, 6.45) is 6.37. The monoisotopic (exact) mass is 724 g/mol. The maximum absolute atomic E-state index is 14.6. The highest BCUT2D eigenvalue weighted by atomic mass is 16.5. The molecule has 0 aromatic heterocycles. The van der Waals surface area contributed by atoms with Crippen molar-refractivity contribution in [3.63, 3.8) is 0 Å². The predicted octanol–water partition coefficient (Wildman–Crippen LogP) is 7.02. The molecule has 10 heteroatoms. The van der Waals surface area contributed by atoms with E-state index in [0.29, 0.717) is 40.6 Å². The van der Waals surface area contributed by atoms with E-state index in [9.17, 15) is 24.3 Å². The number of phenols is 1. The van der Waals surface area contributed by atoms with Crippen LogP contribution in [0, 0.1) is 29.1 Å². The summed E-state index contributed by atoms with van der Waals surface area (Å²) in [6.45, 7) is 1.83. The lowest BCUT2D eigenvalue weighted by Crippen LogP contribution is -2.49. The topological polar surface area (TPSA) is 123 Å². The number of carbonyl (C=O) groups excluding carboxylic acids is 4. The number of fused-ring (bicyclic) bond motifs is 4. The normalized spacial score (nSPS) is 26.1. The van der Waals surface area contributed by atoms with Gasteiger partial charge in [-0.25, -0.2) is 4.90 Å². The van der Waals surface area contributed by atoms with E-state index in [1.165, 1.54) is 23.0 Å². The van der Waals surface area contributed by atoms with Gasteiger partial charge in [0.25, 0.3) is 0 Å². The summed E-state index contributed by atoms with van der Waals surface area (Å²) < 4.78 is 16.6. The summed E-state index contributed by atoms with van der Waals surface area (Å²) in [7, 11) is 4.71. The number of ether oxygens (including phenoxy) is 3. The molecule has 8 rings (SSSR count). The Bertz CT molecular complexity index is 2250. The van der Waals surface area contributed by atoms with E-state index < -0.39 is 35.0 Å². The van der Waals surface area contributed by atoms with Crippen LogP contribution in [-0.4, -0.2) is 50.1 Å². The molecule has 2 saturated heterocycles. The number of phenolic OH excluding ortho intramolecular Hbond substituents is 1. The Hall–Kier alpha value is -6.16. The van der Waals surface area contributed by atoms with Gasteiger partial charge in [-0.3, -0.25) is 24.1 Å². The molecular formula is C44H40N2O8. The van der Waals surface area contributed by atoms with Gasteiger partial charge in [-0.05, 0) is 79.8 Å². The number of nitrogens with zero attached hydrogens (tertiary/aromatic N) is 2. The Morgan fingerprint density at radius 1 is 0.722 bits per heavy atom. The number of hydrogen-bond acceptors (Lipinski definition) is 8. The molecule has 0 unspecified atom stereocenters. The first-order valence-corrected chi connectivity index (χ1v) is 18.0. The van der Waals surface area contributed by atoms with E-state index in [1.807, 2.05) is 61.5 Å². The minimum Gasteiger partial charge on any atom is -0.508 e. The molecule has 10 nitrogen and oxygen atoms in total. The van der Waals surface area contributed by atoms with E-state index >= 15 is 0 Å². The van der Waals surface area contributed by atoms with Crippen molar-refractivity contribution < 1.29 is 38.5 Å². The Balaban J connectivity index is 1.14. The molecule has 2 heterocycles. The van der Waals surface area contributed by atoms with Crippen molar-refractivity contribution in [1.29, 1.82) is 0 Å². The zero-order valence-corrected chi connectivity index (χ0v) is 30.4. The standard InChI is InChI=1S/C44H40N2O8/c1-44-35(41(49)46(43(44)51)27-8-6-5-7-9-27)24-34-31(39(44)32-18-16-29(47)23-37(32)54-4)19-20-33-38(34)42(50)45(40(33)48)28-14-11-25(12-15-28)10-13-26-22-30(52-2)17-21-36(26)53-3/h5-19,21-23,33-35,38-39,47H,20,24H2,1-4H3/t33-,34+,35-,38-,39+,44+/m0/s1. The Morgan fingerprint density at radius 3 is 2.15 bits per heavy atom. The van der Waals surface area contributed by atoms with Gasteiger partial charge in [-0.1, -0.05) is 60.2 Å². The number of rotatable bonds is 8. The van der Waals surface area contributed by atoms with Crippen molar-refractivity contribution >= 4 is 47.2 Å². The maximum atomic E-state index is 14.6. The third kappa shape index (κ3) is 5.30. The lowest BCUT2D eigenvalue weighted by atomic mass is 9.51. The average molecular weight is 725 g/mol. The van der Waals surface area contributed by atoms with E-state index in [1.54, 1.807) is 62.8 Å². The van der Waals surface area contributed by atoms with Crippen LogP contribution in [-0.2, 0) is 19.2 Å². The average Bonchev–Trinajstić information content (AvgIpc) is 3.56. The van der Waals surface area contributed by atoms with Crippen molar-refractivity contribution in [2.75, 3.05) is 31.1 Å². The van der Waals surface area contributed by atoms with Crippen LogP contribution >= 0.6 is 0 Å². The molecule has 274 valence electrons. The number of imide groups is 2. The van der Waals surface area contributed by atoms with E-state index in [2.05, 4.69) is 0 Å². The third-order valence-corrected chi connectivity index (χ3v) is 11.9. The quantitative estimate of drug-likeness (QED) is 0.117. The zero-order valence-electron chi connectivity index (χ0n) is 30.4. The highest BCUT2D eigenvalue weighted by Crippen LogP contribution is 2.64. The minimum absolute atomic E-state index is 0.00386. The SMILES string of the molecule is COc1ccc(OC)c(C=Cc2ccc(N3C(=O)[C@H]4[C@H](CC=C5[C@H]4C[C@H]4C(=O)N(c6ccccc6)C(=O)[C@@]4(C)[C@H]5c4ccc(O)cc4OC)C3=O)cc2)c1. The summed E-state index contributed by atoms with van der Waals surface area (Å²) in [5.41, 5.74) is 2.89. The van der Waals surface area contributed by atoms with Crippen molar-refractivity contribution in [3.05, 3.63) is 119 Å². The second-order valence-corrected chi connectivity index (χ2v) is 14.5. The molecule has 1 saturated carbocycles. The Labute approximate surface area is 313 Å². The van der Waals surface area contributed by atoms with Crippen molar-refractivity contribution in [3.8, 4) is 23.0 Å². The van der Waals surface area contributed by atoms with Gasteiger partial charge in [0.15, 0.2) is 0 Å². The Morgan fingerprint density at radius 2 is 1.44 bits per heavy atom. The number of allylic oxidation sites excluding steroid dienone is 2. The number of para-hydroxylation sites is 1. The molecule has 0 radical (unpaired) electrons. The highest BCUT2D eigenvalue weighted by Gasteiger charge is 2.68. The summed E-state index contributed by atoms with van der Waals surface area (Å²) in [6, 6.07) is 26.4. The number of benzene rings is 4. The van der Waals surface area contributed by atoms with E-state index in [0.717, 1.165) is 16.7 Å². The molecule has 4 aromatic rings. The van der Waals surface area contributed by atoms with Gasteiger partial charge in [0.2, 0.25) is 23.6 Å². The second kappa shape index (κ2) is 13.4. The number of aromatic hydroxyl groups is 1. The van der Waals surface area contributed by atoms with Crippen LogP contribution in [0.2, 0.25) is 0 Å². The Kier molecular flexibility index (Phi) is 8.63. The largest absolute Gasteiger partial charge is 0.508 e. The minimum atomic E-state index is -1.23. The van der Waals surface area contributed by atoms with Crippen LogP contribution in [0.1, 0.15) is 42.4 Å². The molecule has 0 bridgehead atoms. The summed E-state index contributed by atoms with van der Waals surface area (Å²) >= 11 is 0. The first-order chi connectivity index (χ1) is 26.1. The van der Waals surface area contributed by atoms with E-state index in [4.69, 9.17) is 14.2 Å². The predicted molar refractivity (Wildman–Crippen MR) is 203 cm³/mol. The van der Waals surface area contributed by atoms with Crippen LogP contribution < -0.4 is 24.0 Å². The third-order valence-electron chi connectivity index (χ3n) is 11.9. The van der Waals surface area contributed by atoms with Gasteiger partial charge in [-0.2, -0.15) is 0 Å². The molecule has 54 heavy (non-hydrogen) atoms. The molecule has 2 aliphatic carbocycles. The van der Waals surface area contributed by atoms with Gasteiger partial charge in [0.05, 0.1) is 55.9 Å². The van der Waals surface area contributed by atoms with Crippen LogP contribution in [0.5, 0.6) is 23.0 Å². The number of methoxy groups -OCH3 is 3. The van der Waals surface area contributed by atoms with Crippen LogP contribution in [0.3, 0.4) is 0 Å². The molecule has 4 aliphatic rings. The maximum Gasteiger partial charge on any atom is 0.241 e. The zero-order chi connectivity index (χ0) is 37.9. The van der Waals surface area contributed by atoms with Crippen molar-refractivity contribution in [1.82, 2.24) is 0 Å². The second-order valence-electron chi connectivity index (χ2n) is 14.5. The van der Waals surface area contributed by atoms with Crippen LogP contribution in [0.15, 0.2) is 103 Å². The van der Waals surface area contributed by atoms with E-state index in [-0.39, 0.29) is 35.8 Å². The van der Waals surface area contributed by atoms with Gasteiger partial charge in [0, 0.05) is 23.1 Å². The lowest BCUT2D eigenvalue weighted by Gasteiger charge is -2.49. The van der Waals surface area contributed by atoms with Gasteiger partial charge >= 0.3 is 0 Å². The van der Waals surface area contributed by atoms with Crippen LogP contribution in [0.4, 0.5) is 11.4 Å². The summed E-state index contributed by atoms with van der Waals surface area (Å²) in [5, 5.41) is 10.4. The fraction of sp³-hybridized carbons (Fsp3) is 0.273. The van der Waals surface area contributed by atoms with Gasteiger partial charge < -0.3 is 19.3 Å². The fourth-order valence-corrected chi connectivity index (χ4v) is 9.27. The fourth-order valence-electron chi connectivity index (χ4n) is 9.27. The number of amides is 4.